The minimum Gasteiger partial charge on any atom is -0.465 e. The van der Waals surface area contributed by atoms with Gasteiger partial charge in [-0.05, 0) is 48.7 Å². The molecular formula is C23H21N3O3. The van der Waals surface area contributed by atoms with Crippen molar-refractivity contribution in [3.8, 4) is 0 Å². The maximum Gasteiger partial charge on any atom is 0.339 e. The number of ether oxygens (including phenoxy) is 1. The van der Waals surface area contributed by atoms with Gasteiger partial charge in [0.15, 0.2) is 0 Å². The van der Waals surface area contributed by atoms with Crippen LogP contribution >= 0.6 is 0 Å². The molecule has 0 radical (unpaired) electrons. The molecule has 146 valence electrons. The molecule has 2 aromatic carbocycles. The van der Waals surface area contributed by atoms with E-state index in [0.717, 1.165) is 30.8 Å². The number of methoxy groups -OCH3 is 1. The van der Waals surface area contributed by atoms with Crippen molar-refractivity contribution in [2.24, 2.45) is 0 Å². The lowest BCUT2D eigenvalue weighted by atomic mass is 10.0. The lowest BCUT2D eigenvalue weighted by molar-refractivity contribution is 0.0602. The number of esters is 1. The van der Waals surface area contributed by atoms with Gasteiger partial charge in [0.05, 0.1) is 18.4 Å². The Balaban J connectivity index is 1.61. The molecule has 0 saturated carbocycles. The van der Waals surface area contributed by atoms with Gasteiger partial charge in [-0.3, -0.25) is 9.78 Å². The number of hydrogen-bond donors (Lipinski definition) is 1. The number of carbonyl (C=O) groups is 2. The third-order valence-electron chi connectivity index (χ3n) is 4.98. The van der Waals surface area contributed by atoms with E-state index in [4.69, 9.17) is 4.74 Å². The number of nitrogens with one attached hydrogen (secondary N) is 1. The standard InChI is InChI=1S/C23H21N3O3/c1-29-23(28)18-9-3-4-10-19(18)25-22(27)20-15-17(12-13-24-20)26-14-6-8-16-7-2-5-11-21(16)26/h2-5,7,9-13,15H,6,8,14H2,1H3,(H,25,27). The molecule has 0 unspecified atom stereocenters. The molecule has 0 saturated heterocycles. The SMILES string of the molecule is COC(=O)c1ccccc1NC(=O)c1cc(N2CCCc3ccccc32)ccn1. The van der Waals surface area contributed by atoms with Crippen LogP contribution in [0, 0.1) is 0 Å². The van der Waals surface area contributed by atoms with Gasteiger partial charge in [0.2, 0.25) is 0 Å². The summed E-state index contributed by atoms with van der Waals surface area (Å²) in [6.07, 6.45) is 3.73. The second-order valence-electron chi connectivity index (χ2n) is 6.77. The summed E-state index contributed by atoms with van der Waals surface area (Å²) >= 11 is 0. The van der Waals surface area contributed by atoms with Crippen LogP contribution in [0.3, 0.4) is 0 Å². The summed E-state index contributed by atoms with van der Waals surface area (Å²) in [7, 11) is 1.31. The number of rotatable bonds is 4. The Morgan fingerprint density at radius 3 is 2.72 bits per heavy atom. The molecule has 1 aromatic heterocycles. The second-order valence-corrected chi connectivity index (χ2v) is 6.77. The van der Waals surface area contributed by atoms with Crippen molar-refractivity contribution in [1.82, 2.24) is 4.98 Å². The lowest BCUT2D eigenvalue weighted by Gasteiger charge is -2.31. The van der Waals surface area contributed by atoms with Crippen molar-refractivity contribution >= 4 is 28.9 Å². The Kier molecular flexibility index (Phi) is 5.24. The first-order valence-electron chi connectivity index (χ1n) is 9.47. The molecule has 0 aliphatic carbocycles. The van der Waals surface area contributed by atoms with Crippen molar-refractivity contribution in [1.29, 1.82) is 0 Å². The van der Waals surface area contributed by atoms with Crippen LogP contribution in [0.15, 0.2) is 66.9 Å². The fourth-order valence-electron chi connectivity index (χ4n) is 3.58. The van der Waals surface area contributed by atoms with Gasteiger partial charge in [-0.2, -0.15) is 0 Å². The van der Waals surface area contributed by atoms with Gasteiger partial charge in [0.25, 0.3) is 5.91 Å². The number of amides is 1. The van der Waals surface area contributed by atoms with Crippen LogP contribution in [0.5, 0.6) is 0 Å². The van der Waals surface area contributed by atoms with E-state index in [2.05, 4.69) is 27.3 Å². The Bertz CT molecular complexity index is 1060. The molecule has 29 heavy (non-hydrogen) atoms. The van der Waals surface area contributed by atoms with Gasteiger partial charge in [-0.25, -0.2) is 4.79 Å². The largest absolute Gasteiger partial charge is 0.465 e. The number of pyridine rings is 1. The Labute approximate surface area is 169 Å². The van der Waals surface area contributed by atoms with E-state index in [9.17, 15) is 9.59 Å². The summed E-state index contributed by atoms with van der Waals surface area (Å²) < 4.78 is 4.78. The smallest absolute Gasteiger partial charge is 0.339 e. The number of aryl methyl sites for hydroxylation is 1. The number of carbonyl (C=O) groups excluding carboxylic acids is 2. The minimum atomic E-state index is -0.507. The van der Waals surface area contributed by atoms with Gasteiger partial charge >= 0.3 is 5.97 Å². The zero-order valence-electron chi connectivity index (χ0n) is 16.1. The van der Waals surface area contributed by atoms with Crippen LogP contribution in [0.25, 0.3) is 0 Å². The van der Waals surface area contributed by atoms with E-state index in [1.165, 1.54) is 12.7 Å². The molecule has 0 atom stereocenters. The zero-order valence-corrected chi connectivity index (χ0v) is 16.1. The van der Waals surface area contributed by atoms with Crippen molar-refractivity contribution in [3.63, 3.8) is 0 Å². The summed E-state index contributed by atoms with van der Waals surface area (Å²) in [5, 5.41) is 2.77. The van der Waals surface area contributed by atoms with E-state index in [-0.39, 0.29) is 11.6 Å². The monoisotopic (exact) mass is 387 g/mol. The van der Waals surface area contributed by atoms with E-state index in [1.807, 2.05) is 18.2 Å². The number of benzene rings is 2. The highest BCUT2D eigenvalue weighted by atomic mass is 16.5. The van der Waals surface area contributed by atoms with Gasteiger partial charge in [-0.1, -0.05) is 30.3 Å². The number of aromatic nitrogens is 1. The average molecular weight is 387 g/mol. The molecule has 6 nitrogen and oxygen atoms in total. The van der Waals surface area contributed by atoms with E-state index < -0.39 is 5.97 Å². The van der Waals surface area contributed by atoms with Crippen LogP contribution in [-0.4, -0.2) is 30.5 Å². The summed E-state index contributed by atoms with van der Waals surface area (Å²) in [5.41, 5.74) is 4.34. The van der Waals surface area contributed by atoms with Crippen molar-refractivity contribution in [3.05, 3.63) is 83.7 Å². The van der Waals surface area contributed by atoms with Crippen LogP contribution in [0.2, 0.25) is 0 Å². The normalized spacial score (nSPS) is 12.8. The summed E-state index contributed by atoms with van der Waals surface area (Å²) in [4.78, 5) is 31.2. The molecule has 0 spiro atoms. The maximum absolute atomic E-state index is 12.8. The highest BCUT2D eigenvalue weighted by Crippen LogP contribution is 2.33. The summed E-state index contributed by atoms with van der Waals surface area (Å²) in [5.74, 6) is -0.888. The predicted molar refractivity (Wildman–Crippen MR) is 112 cm³/mol. The zero-order chi connectivity index (χ0) is 20.2. The average Bonchev–Trinajstić information content (AvgIpc) is 2.78. The van der Waals surface area contributed by atoms with Crippen LogP contribution in [0.4, 0.5) is 17.1 Å². The second kappa shape index (κ2) is 8.14. The minimum absolute atomic E-state index is 0.283. The number of hydrogen-bond acceptors (Lipinski definition) is 5. The van der Waals surface area contributed by atoms with E-state index in [1.54, 1.807) is 36.5 Å². The van der Waals surface area contributed by atoms with Gasteiger partial charge < -0.3 is 15.0 Å². The Morgan fingerprint density at radius 1 is 1.07 bits per heavy atom. The van der Waals surface area contributed by atoms with E-state index in [0.29, 0.717) is 11.3 Å². The maximum atomic E-state index is 12.8. The third-order valence-corrected chi connectivity index (χ3v) is 4.98. The molecule has 6 heteroatoms. The first-order chi connectivity index (χ1) is 14.2. The number of fused-ring (bicyclic) bond motifs is 1. The quantitative estimate of drug-likeness (QED) is 0.679. The highest BCUT2D eigenvalue weighted by Gasteiger charge is 2.20. The molecule has 0 fully saturated rings. The predicted octanol–water partition coefficient (Wildman–Crippen LogP) is 4.20. The molecule has 1 aliphatic heterocycles. The molecule has 4 rings (SSSR count). The van der Waals surface area contributed by atoms with Crippen molar-refractivity contribution in [2.45, 2.75) is 12.8 Å². The molecule has 1 amide bonds. The van der Waals surface area contributed by atoms with Crippen molar-refractivity contribution < 1.29 is 14.3 Å². The fraction of sp³-hybridized carbons (Fsp3) is 0.174. The molecule has 0 bridgehead atoms. The van der Waals surface area contributed by atoms with Gasteiger partial charge in [0.1, 0.15) is 5.69 Å². The molecule has 3 aromatic rings. The topological polar surface area (TPSA) is 71.5 Å². The third kappa shape index (κ3) is 3.82. The Hall–Kier alpha value is -3.67. The molecular weight excluding hydrogens is 366 g/mol. The summed E-state index contributed by atoms with van der Waals surface area (Å²) in [6.45, 7) is 0.882. The molecule has 2 heterocycles. The lowest BCUT2D eigenvalue weighted by Crippen LogP contribution is -2.25. The first kappa shape index (κ1) is 18.7. The number of para-hydroxylation sites is 2. The van der Waals surface area contributed by atoms with Crippen LogP contribution < -0.4 is 10.2 Å². The Morgan fingerprint density at radius 2 is 1.86 bits per heavy atom. The summed E-state index contributed by atoms with van der Waals surface area (Å²) in [6, 6.07) is 18.7. The van der Waals surface area contributed by atoms with Crippen molar-refractivity contribution in [2.75, 3.05) is 23.9 Å². The van der Waals surface area contributed by atoms with E-state index >= 15 is 0 Å². The van der Waals surface area contributed by atoms with Gasteiger partial charge in [-0.15, -0.1) is 0 Å². The molecule has 1 N–H and O–H groups in total. The number of nitrogens with zero attached hydrogens (tertiary/aromatic N) is 2. The first-order valence-corrected chi connectivity index (χ1v) is 9.47. The van der Waals surface area contributed by atoms with Gasteiger partial charge in [0, 0.05) is 24.1 Å². The fourth-order valence-corrected chi connectivity index (χ4v) is 3.58. The number of anilines is 3. The highest BCUT2D eigenvalue weighted by molar-refractivity contribution is 6.07. The molecule has 1 aliphatic rings. The van der Waals surface area contributed by atoms with Crippen LogP contribution in [0.1, 0.15) is 32.8 Å². The van der Waals surface area contributed by atoms with Crippen LogP contribution in [-0.2, 0) is 11.2 Å².